The Hall–Kier alpha value is -2.51. The molecule has 0 saturated carbocycles. The average molecular weight is 303 g/mol. The van der Waals surface area contributed by atoms with E-state index in [1.54, 1.807) is 23.4 Å². The maximum Gasteiger partial charge on any atom is 0.442 e. The van der Waals surface area contributed by atoms with Crippen LogP contribution in [0.25, 0.3) is 11.6 Å². The van der Waals surface area contributed by atoms with Gasteiger partial charge in [0.25, 0.3) is 0 Å². The number of rotatable bonds is 3. The Balaban J connectivity index is 1.82. The fourth-order valence-electron chi connectivity index (χ4n) is 2.63. The van der Waals surface area contributed by atoms with E-state index in [4.69, 9.17) is 0 Å². The predicted octanol–water partition coefficient (Wildman–Crippen LogP) is 0.552. The summed E-state index contributed by atoms with van der Waals surface area (Å²) in [6.45, 7) is 3.45. The summed E-state index contributed by atoms with van der Waals surface area (Å²) in [5.74, 6) is 0.112. The fourth-order valence-corrected chi connectivity index (χ4v) is 2.63. The van der Waals surface area contributed by atoms with Crippen LogP contribution in [0.15, 0.2) is 27.8 Å². The van der Waals surface area contributed by atoms with Crippen LogP contribution < -0.4 is 5.76 Å². The van der Waals surface area contributed by atoms with Crippen molar-refractivity contribution in [1.29, 1.82) is 0 Å². The molecule has 0 aliphatic carbocycles. The maximum absolute atomic E-state index is 12.4. The minimum Gasteiger partial charge on any atom is -0.341 e. The van der Waals surface area contributed by atoms with Crippen LogP contribution >= 0.6 is 0 Å². The molecule has 2 aromatic heterocycles. The van der Waals surface area contributed by atoms with Crippen LogP contribution in [0.4, 0.5) is 0 Å². The second-order valence-electron chi connectivity index (χ2n) is 5.52. The van der Waals surface area contributed by atoms with Crippen LogP contribution in [-0.4, -0.2) is 43.6 Å². The molecule has 1 atom stereocenters. The van der Waals surface area contributed by atoms with Crippen molar-refractivity contribution < 1.29 is 9.32 Å². The molecule has 3 rings (SSSR count). The van der Waals surface area contributed by atoms with Crippen molar-refractivity contribution in [3.63, 3.8) is 0 Å². The number of hydrogen-bond donors (Lipinski definition) is 0. The number of carbonyl (C=O) groups is 1. The van der Waals surface area contributed by atoms with Crippen LogP contribution in [0.2, 0.25) is 0 Å². The molecule has 116 valence electrons. The quantitative estimate of drug-likeness (QED) is 0.822. The number of nitrogens with zero attached hydrogens (tertiary/aromatic N) is 5. The molecule has 0 N–H and O–H groups in total. The van der Waals surface area contributed by atoms with Gasteiger partial charge in [0.2, 0.25) is 11.7 Å². The second kappa shape index (κ2) is 6.08. The highest BCUT2D eigenvalue weighted by molar-refractivity contribution is 5.76. The van der Waals surface area contributed by atoms with Gasteiger partial charge in [0.05, 0.1) is 0 Å². The van der Waals surface area contributed by atoms with Gasteiger partial charge >= 0.3 is 5.76 Å². The van der Waals surface area contributed by atoms with Gasteiger partial charge in [-0.15, -0.1) is 0 Å². The topological polar surface area (TPSA) is 94.1 Å². The molecule has 0 bridgehead atoms. The van der Waals surface area contributed by atoms with E-state index < -0.39 is 5.76 Å². The highest BCUT2D eigenvalue weighted by atomic mass is 16.5. The summed E-state index contributed by atoms with van der Waals surface area (Å²) < 4.78 is 5.84. The number of hydrogen-bond acceptors (Lipinski definition) is 6. The Labute approximate surface area is 126 Å². The van der Waals surface area contributed by atoms with Crippen molar-refractivity contribution >= 4 is 5.91 Å². The number of amides is 1. The van der Waals surface area contributed by atoms with Crippen molar-refractivity contribution in [2.45, 2.75) is 26.3 Å². The molecule has 22 heavy (non-hydrogen) atoms. The summed E-state index contributed by atoms with van der Waals surface area (Å²) in [6.07, 6.45) is 5.19. The average Bonchev–Trinajstić information content (AvgIpc) is 2.89. The van der Waals surface area contributed by atoms with Crippen molar-refractivity contribution in [1.82, 2.24) is 24.6 Å². The Kier molecular flexibility index (Phi) is 3.99. The molecule has 3 heterocycles. The third-order valence-corrected chi connectivity index (χ3v) is 3.76. The molecule has 0 aromatic carbocycles. The van der Waals surface area contributed by atoms with Gasteiger partial charge in [0.1, 0.15) is 6.54 Å². The molecule has 8 nitrogen and oxygen atoms in total. The monoisotopic (exact) mass is 303 g/mol. The van der Waals surface area contributed by atoms with E-state index in [1.807, 2.05) is 0 Å². The van der Waals surface area contributed by atoms with E-state index in [2.05, 4.69) is 26.6 Å². The first-order valence-electron chi connectivity index (χ1n) is 7.27. The van der Waals surface area contributed by atoms with Crippen molar-refractivity contribution in [2.75, 3.05) is 13.1 Å². The number of piperidine rings is 1. The summed E-state index contributed by atoms with van der Waals surface area (Å²) in [6, 6.07) is 1.66. The van der Waals surface area contributed by atoms with Crippen LogP contribution in [0.5, 0.6) is 0 Å². The molecule has 0 radical (unpaired) electrons. The van der Waals surface area contributed by atoms with Gasteiger partial charge in [-0.2, -0.15) is 0 Å². The number of carbonyl (C=O) groups excluding carboxylic acids is 1. The molecule has 2 aromatic rings. The van der Waals surface area contributed by atoms with E-state index in [0.717, 1.165) is 25.9 Å². The van der Waals surface area contributed by atoms with Gasteiger partial charge in [-0.25, -0.2) is 19.3 Å². The number of aromatic nitrogens is 4. The molecule has 0 spiro atoms. The summed E-state index contributed by atoms with van der Waals surface area (Å²) in [4.78, 5) is 34.1. The second-order valence-corrected chi connectivity index (χ2v) is 5.52. The van der Waals surface area contributed by atoms with E-state index in [-0.39, 0.29) is 24.1 Å². The first-order valence-corrected chi connectivity index (χ1v) is 7.27. The predicted molar refractivity (Wildman–Crippen MR) is 76.8 cm³/mol. The summed E-state index contributed by atoms with van der Waals surface area (Å²) >= 11 is 0. The zero-order valence-corrected chi connectivity index (χ0v) is 12.3. The Morgan fingerprint density at radius 3 is 2.91 bits per heavy atom. The first-order chi connectivity index (χ1) is 10.6. The molecule has 1 unspecified atom stereocenters. The molecule has 8 heteroatoms. The Morgan fingerprint density at radius 1 is 1.41 bits per heavy atom. The van der Waals surface area contributed by atoms with Crippen molar-refractivity contribution in [2.24, 2.45) is 5.92 Å². The number of likely N-dealkylation sites (tertiary alicyclic amines) is 1. The lowest BCUT2D eigenvalue weighted by atomic mass is 10.0. The molecular weight excluding hydrogens is 286 g/mol. The van der Waals surface area contributed by atoms with Gasteiger partial charge in [-0.3, -0.25) is 9.32 Å². The summed E-state index contributed by atoms with van der Waals surface area (Å²) in [7, 11) is 0. The molecule has 1 aliphatic rings. The summed E-state index contributed by atoms with van der Waals surface area (Å²) in [5, 5.41) is 3.68. The molecule has 1 aliphatic heterocycles. The normalized spacial score (nSPS) is 18.4. The van der Waals surface area contributed by atoms with E-state index in [9.17, 15) is 9.59 Å². The van der Waals surface area contributed by atoms with Crippen molar-refractivity contribution in [3.05, 3.63) is 29.0 Å². The standard InChI is InChI=1S/C14H17N5O3/c1-10-4-2-7-18(8-10)11(20)9-19-13(17-22-14(19)21)12-15-5-3-6-16-12/h3,5-6,10H,2,4,7-9H2,1H3. The molecular formula is C14H17N5O3. The first kappa shape index (κ1) is 14.4. The lowest BCUT2D eigenvalue weighted by Crippen LogP contribution is -2.41. The van der Waals surface area contributed by atoms with Gasteiger partial charge in [0.15, 0.2) is 5.82 Å². The molecule has 1 saturated heterocycles. The Bertz CT molecular complexity index is 709. The minimum atomic E-state index is -0.680. The minimum absolute atomic E-state index is 0.108. The van der Waals surface area contributed by atoms with Crippen molar-refractivity contribution in [3.8, 4) is 11.6 Å². The lowest BCUT2D eigenvalue weighted by Gasteiger charge is -2.30. The van der Waals surface area contributed by atoms with Crippen LogP contribution in [0.1, 0.15) is 19.8 Å². The smallest absolute Gasteiger partial charge is 0.341 e. The third-order valence-electron chi connectivity index (χ3n) is 3.76. The highest BCUT2D eigenvalue weighted by Gasteiger charge is 2.24. The summed E-state index contributed by atoms with van der Waals surface area (Å²) in [5.41, 5.74) is 0. The van der Waals surface area contributed by atoms with Crippen LogP contribution in [0, 0.1) is 5.92 Å². The lowest BCUT2D eigenvalue weighted by molar-refractivity contribution is -0.133. The zero-order valence-electron chi connectivity index (χ0n) is 12.3. The molecule has 1 fully saturated rings. The van der Waals surface area contributed by atoms with Gasteiger partial charge in [-0.1, -0.05) is 12.1 Å². The maximum atomic E-state index is 12.4. The van der Waals surface area contributed by atoms with E-state index in [0.29, 0.717) is 5.92 Å². The van der Waals surface area contributed by atoms with Crippen LogP contribution in [0.3, 0.4) is 0 Å². The highest BCUT2D eigenvalue weighted by Crippen LogP contribution is 2.16. The largest absolute Gasteiger partial charge is 0.442 e. The van der Waals surface area contributed by atoms with Gasteiger partial charge in [-0.05, 0) is 24.8 Å². The third kappa shape index (κ3) is 2.90. The van der Waals surface area contributed by atoms with Gasteiger partial charge < -0.3 is 4.90 Å². The van der Waals surface area contributed by atoms with Gasteiger partial charge in [0, 0.05) is 25.5 Å². The fraction of sp³-hybridized carbons (Fsp3) is 0.500. The SMILES string of the molecule is CC1CCCN(C(=O)Cn2c(-c3ncccn3)noc2=O)C1. The molecule has 1 amide bonds. The Morgan fingerprint density at radius 2 is 2.18 bits per heavy atom. The van der Waals surface area contributed by atoms with Crippen LogP contribution in [-0.2, 0) is 11.3 Å². The van der Waals surface area contributed by atoms with E-state index >= 15 is 0 Å². The zero-order chi connectivity index (χ0) is 15.5. The van der Waals surface area contributed by atoms with E-state index in [1.165, 1.54) is 4.57 Å².